The molecule has 1 saturated carbocycles. The minimum absolute atomic E-state index is 0.00868. The first-order valence-electron chi connectivity index (χ1n) is 8.03. The number of ether oxygens (including phenoxy) is 3. The highest BCUT2D eigenvalue weighted by Crippen LogP contribution is 2.58. The van der Waals surface area contributed by atoms with Gasteiger partial charge in [0.05, 0.1) is 13.2 Å². The van der Waals surface area contributed by atoms with E-state index in [1.54, 1.807) is 6.08 Å². The Labute approximate surface area is 126 Å². The summed E-state index contributed by atoms with van der Waals surface area (Å²) in [5.74, 6) is -0.327. The van der Waals surface area contributed by atoms with Gasteiger partial charge < -0.3 is 14.2 Å². The third kappa shape index (κ3) is 2.33. The SMILES string of the molecule is CC(C)[C@]12CC[C@](C)(CCC3(C)OCCO3)C1=CC(=O)O2. The smallest absolute Gasteiger partial charge is 0.331 e. The highest BCUT2D eigenvalue weighted by Gasteiger charge is 2.57. The van der Waals surface area contributed by atoms with Crippen molar-refractivity contribution < 1.29 is 19.0 Å². The first kappa shape index (κ1) is 15.0. The third-order valence-electron chi connectivity index (χ3n) is 5.66. The molecule has 0 aromatic heterocycles. The zero-order chi connectivity index (χ0) is 15.3. The number of rotatable bonds is 4. The Morgan fingerprint density at radius 2 is 1.81 bits per heavy atom. The normalized spacial score (nSPS) is 37.8. The highest BCUT2D eigenvalue weighted by molar-refractivity contribution is 5.87. The van der Waals surface area contributed by atoms with Gasteiger partial charge in [-0.15, -0.1) is 0 Å². The Kier molecular flexibility index (Phi) is 3.45. The molecule has 3 aliphatic rings. The van der Waals surface area contributed by atoms with Crippen molar-refractivity contribution in [1.82, 2.24) is 0 Å². The second-order valence-electron chi connectivity index (χ2n) is 7.41. The molecule has 0 radical (unpaired) electrons. The van der Waals surface area contributed by atoms with E-state index < -0.39 is 5.79 Å². The molecule has 0 bridgehead atoms. The Morgan fingerprint density at radius 3 is 2.43 bits per heavy atom. The maximum Gasteiger partial charge on any atom is 0.331 e. The molecule has 0 N–H and O–H groups in total. The van der Waals surface area contributed by atoms with Crippen molar-refractivity contribution in [3.05, 3.63) is 11.6 Å². The van der Waals surface area contributed by atoms with Gasteiger partial charge in [-0.25, -0.2) is 4.79 Å². The van der Waals surface area contributed by atoms with E-state index in [1.807, 2.05) is 6.92 Å². The summed E-state index contributed by atoms with van der Waals surface area (Å²) in [5, 5.41) is 0. The van der Waals surface area contributed by atoms with E-state index in [4.69, 9.17) is 14.2 Å². The van der Waals surface area contributed by atoms with E-state index in [0.717, 1.165) is 25.7 Å². The molecule has 0 unspecified atom stereocenters. The Hall–Kier alpha value is -0.870. The zero-order valence-corrected chi connectivity index (χ0v) is 13.5. The lowest BCUT2D eigenvalue weighted by molar-refractivity contribution is -0.151. The van der Waals surface area contributed by atoms with Crippen LogP contribution < -0.4 is 0 Å². The Morgan fingerprint density at radius 1 is 1.14 bits per heavy atom. The molecule has 0 aromatic rings. The lowest BCUT2D eigenvalue weighted by atomic mass is 9.74. The first-order valence-corrected chi connectivity index (χ1v) is 8.03. The molecule has 0 amide bonds. The number of hydrogen-bond donors (Lipinski definition) is 0. The third-order valence-corrected chi connectivity index (χ3v) is 5.66. The number of hydrogen-bond acceptors (Lipinski definition) is 4. The quantitative estimate of drug-likeness (QED) is 0.747. The van der Waals surface area contributed by atoms with Gasteiger partial charge in [0.1, 0.15) is 5.60 Å². The van der Waals surface area contributed by atoms with E-state index in [0.29, 0.717) is 19.1 Å². The Bertz CT molecular complexity index is 475. The summed E-state index contributed by atoms with van der Waals surface area (Å²) >= 11 is 0. The van der Waals surface area contributed by atoms with Crippen LogP contribution in [-0.2, 0) is 19.0 Å². The van der Waals surface area contributed by atoms with Gasteiger partial charge in [-0.1, -0.05) is 20.8 Å². The van der Waals surface area contributed by atoms with Crippen LogP contribution in [0.3, 0.4) is 0 Å². The molecule has 0 spiro atoms. The van der Waals surface area contributed by atoms with E-state index in [9.17, 15) is 4.79 Å². The van der Waals surface area contributed by atoms with Crippen LogP contribution in [0.1, 0.15) is 53.4 Å². The van der Waals surface area contributed by atoms with Crippen molar-refractivity contribution in [3.8, 4) is 0 Å². The molecular weight excluding hydrogens is 268 g/mol. The van der Waals surface area contributed by atoms with E-state index >= 15 is 0 Å². The monoisotopic (exact) mass is 294 g/mol. The molecular formula is C17H26O4. The van der Waals surface area contributed by atoms with Crippen molar-refractivity contribution in [1.29, 1.82) is 0 Å². The molecule has 2 fully saturated rings. The van der Waals surface area contributed by atoms with Crippen LogP contribution in [0, 0.1) is 11.3 Å². The fourth-order valence-corrected chi connectivity index (χ4v) is 4.15. The summed E-state index contributed by atoms with van der Waals surface area (Å²) in [6.07, 6.45) is 5.53. The van der Waals surface area contributed by atoms with Crippen LogP contribution in [0.2, 0.25) is 0 Å². The van der Waals surface area contributed by atoms with Crippen molar-refractivity contribution >= 4 is 5.97 Å². The van der Waals surface area contributed by atoms with Gasteiger partial charge >= 0.3 is 5.97 Å². The lowest BCUT2D eigenvalue weighted by Gasteiger charge is -2.35. The van der Waals surface area contributed by atoms with Crippen molar-refractivity contribution in [2.24, 2.45) is 11.3 Å². The van der Waals surface area contributed by atoms with Crippen LogP contribution in [0.4, 0.5) is 0 Å². The van der Waals surface area contributed by atoms with Gasteiger partial charge in [0.15, 0.2) is 5.79 Å². The minimum atomic E-state index is -0.462. The van der Waals surface area contributed by atoms with E-state index in [2.05, 4.69) is 20.8 Å². The standard InChI is InChI=1S/C17H26O4/c1-12(2)17-8-6-15(3,13(17)11-14(18)21-17)5-7-16(4)19-9-10-20-16/h11-12H,5-10H2,1-4H3/t15-,17+/m0/s1. The molecule has 2 atom stereocenters. The van der Waals surface area contributed by atoms with Gasteiger partial charge in [0.2, 0.25) is 0 Å². The molecule has 1 aliphatic carbocycles. The number of carbonyl (C=O) groups is 1. The van der Waals surface area contributed by atoms with Gasteiger partial charge in [0.25, 0.3) is 0 Å². The molecule has 4 heteroatoms. The fourth-order valence-electron chi connectivity index (χ4n) is 4.15. The molecule has 3 rings (SSSR count). The molecule has 4 nitrogen and oxygen atoms in total. The maximum absolute atomic E-state index is 11.8. The van der Waals surface area contributed by atoms with Crippen molar-refractivity contribution in [3.63, 3.8) is 0 Å². The van der Waals surface area contributed by atoms with Crippen molar-refractivity contribution in [2.75, 3.05) is 13.2 Å². The molecule has 1 saturated heterocycles. The van der Waals surface area contributed by atoms with Crippen LogP contribution in [0.5, 0.6) is 0 Å². The topological polar surface area (TPSA) is 44.8 Å². The molecule has 118 valence electrons. The van der Waals surface area contributed by atoms with E-state index in [1.165, 1.54) is 5.57 Å². The summed E-state index contributed by atoms with van der Waals surface area (Å²) in [4.78, 5) is 11.8. The predicted octanol–water partition coefficient (Wildman–Crippen LogP) is 3.21. The molecule has 0 aromatic carbocycles. The summed E-state index contributed by atoms with van der Waals surface area (Å²) < 4.78 is 17.2. The Balaban J connectivity index is 1.79. The summed E-state index contributed by atoms with van der Waals surface area (Å²) in [6.45, 7) is 9.90. The van der Waals surface area contributed by atoms with Crippen LogP contribution in [0.15, 0.2) is 11.6 Å². The first-order chi connectivity index (χ1) is 9.80. The summed E-state index contributed by atoms with van der Waals surface area (Å²) in [5.41, 5.74) is 0.829. The lowest BCUT2D eigenvalue weighted by Crippen LogP contribution is -2.37. The molecule has 2 aliphatic heterocycles. The maximum atomic E-state index is 11.8. The van der Waals surface area contributed by atoms with Gasteiger partial charge in [-0.2, -0.15) is 0 Å². The highest BCUT2D eigenvalue weighted by atomic mass is 16.7. The van der Waals surface area contributed by atoms with Gasteiger partial charge in [0, 0.05) is 12.5 Å². The summed E-state index contributed by atoms with van der Waals surface area (Å²) in [6, 6.07) is 0. The van der Waals surface area contributed by atoms with Crippen molar-refractivity contribution in [2.45, 2.75) is 64.8 Å². The molecule has 2 heterocycles. The second-order valence-corrected chi connectivity index (χ2v) is 7.41. The zero-order valence-electron chi connectivity index (χ0n) is 13.5. The van der Waals surface area contributed by atoms with Gasteiger partial charge in [-0.05, 0) is 43.1 Å². The largest absolute Gasteiger partial charge is 0.451 e. The second kappa shape index (κ2) is 4.82. The average molecular weight is 294 g/mol. The predicted molar refractivity (Wildman–Crippen MR) is 78.6 cm³/mol. The van der Waals surface area contributed by atoms with Crippen LogP contribution in [0.25, 0.3) is 0 Å². The van der Waals surface area contributed by atoms with E-state index in [-0.39, 0.29) is 17.0 Å². The molecule has 21 heavy (non-hydrogen) atoms. The number of fused-ring (bicyclic) bond motifs is 1. The van der Waals surface area contributed by atoms with Crippen LogP contribution >= 0.6 is 0 Å². The van der Waals surface area contributed by atoms with Gasteiger partial charge in [-0.3, -0.25) is 0 Å². The summed E-state index contributed by atoms with van der Waals surface area (Å²) in [7, 11) is 0. The number of carbonyl (C=O) groups excluding carboxylic acids is 1. The minimum Gasteiger partial charge on any atom is -0.451 e. The number of esters is 1. The fraction of sp³-hybridized carbons (Fsp3) is 0.824. The average Bonchev–Trinajstić information content (AvgIpc) is 3.05. The van der Waals surface area contributed by atoms with Crippen LogP contribution in [-0.4, -0.2) is 30.6 Å².